The van der Waals surface area contributed by atoms with E-state index in [1.165, 1.54) is 51.9 Å². The van der Waals surface area contributed by atoms with E-state index < -0.39 is 0 Å². The van der Waals surface area contributed by atoms with Crippen LogP contribution in [0.5, 0.6) is 0 Å². The van der Waals surface area contributed by atoms with Gasteiger partial charge in [0.25, 0.3) is 0 Å². The van der Waals surface area contributed by atoms with E-state index in [1.54, 1.807) is 0 Å². The molecule has 1 saturated heterocycles. The van der Waals surface area contributed by atoms with Crippen LogP contribution in [-0.2, 0) is 0 Å². The molecule has 2 unspecified atom stereocenters. The van der Waals surface area contributed by atoms with Gasteiger partial charge in [-0.2, -0.15) is 0 Å². The van der Waals surface area contributed by atoms with Crippen molar-refractivity contribution in [2.75, 3.05) is 26.2 Å². The fourth-order valence-corrected chi connectivity index (χ4v) is 2.72. The first kappa shape index (κ1) is 15.0. The fourth-order valence-electron chi connectivity index (χ4n) is 2.72. The minimum Gasteiger partial charge on any atom is -0.314 e. The summed E-state index contributed by atoms with van der Waals surface area (Å²) < 4.78 is 0. The molecular formula is C15H32N2. The summed E-state index contributed by atoms with van der Waals surface area (Å²) in [5.41, 5.74) is 0. The topological polar surface area (TPSA) is 15.3 Å². The average molecular weight is 240 g/mol. The first-order chi connectivity index (χ1) is 8.13. The lowest BCUT2D eigenvalue weighted by atomic mass is 9.95. The van der Waals surface area contributed by atoms with Crippen LogP contribution in [0.3, 0.4) is 0 Å². The summed E-state index contributed by atoms with van der Waals surface area (Å²) in [4.78, 5) is 2.66. The molecule has 17 heavy (non-hydrogen) atoms. The number of hydrogen-bond donors (Lipinski definition) is 1. The van der Waals surface area contributed by atoms with Crippen molar-refractivity contribution < 1.29 is 0 Å². The zero-order valence-electron chi connectivity index (χ0n) is 12.3. The van der Waals surface area contributed by atoms with Crippen LogP contribution in [-0.4, -0.2) is 37.1 Å². The second-order valence-corrected chi connectivity index (χ2v) is 6.09. The quantitative estimate of drug-likeness (QED) is 0.701. The predicted molar refractivity (Wildman–Crippen MR) is 76.4 cm³/mol. The van der Waals surface area contributed by atoms with Crippen LogP contribution in [0.25, 0.3) is 0 Å². The Morgan fingerprint density at radius 2 is 2.06 bits per heavy atom. The van der Waals surface area contributed by atoms with E-state index in [2.05, 4.69) is 37.9 Å². The van der Waals surface area contributed by atoms with Crippen molar-refractivity contribution in [1.29, 1.82) is 0 Å². The molecule has 1 N–H and O–H groups in total. The van der Waals surface area contributed by atoms with Crippen LogP contribution in [0.2, 0.25) is 0 Å². The molecule has 0 aromatic rings. The second-order valence-electron chi connectivity index (χ2n) is 6.09. The molecule has 2 heteroatoms. The highest BCUT2D eigenvalue weighted by Crippen LogP contribution is 2.23. The first-order valence-electron chi connectivity index (χ1n) is 7.59. The van der Waals surface area contributed by atoms with Crippen molar-refractivity contribution >= 4 is 0 Å². The summed E-state index contributed by atoms with van der Waals surface area (Å²) in [7, 11) is 0. The molecule has 0 spiro atoms. The monoisotopic (exact) mass is 240 g/mol. The van der Waals surface area contributed by atoms with Gasteiger partial charge in [-0.1, -0.05) is 20.8 Å². The summed E-state index contributed by atoms with van der Waals surface area (Å²) in [5, 5.41) is 3.57. The van der Waals surface area contributed by atoms with Gasteiger partial charge in [0, 0.05) is 12.6 Å². The predicted octanol–water partition coefficient (Wildman–Crippen LogP) is 3.13. The number of hydrogen-bond acceptors (Lipinski definition) is 2. The van der Waals surface area contributed by atoms with E-state index in [9.17, 15) is 0 Å². The molecule has 0 aromatic heterocycles. The Labute approximate surface area is 108 Å². The summed E-state index contributed by atoms with van der Waals surface area (Å²) >= 11 is 0. The Kier molecular flexibility index (Phi) is 7.14. The molecule has 1 rings (SSSR count). The van der Waals surface area contributed by atoms with E-state index in [1.807, 2.05) is 0 Å². The number of nitrogens with one attached hydrogen (secondary N) is 1. The summed E-state index contributed by atoms with van der Waals surface area (Å²) in [6.07, 6.45) is 5.33. The van der Waals surface area contributed by atoms with Gasteiger partial charge in [0.2, 0.25) is 0 Å². The normalized spacial score (nSPS) is 23.5. The van der Waals surface area contributed by atoms with Crippen LogP contribution in [0.15, 0.2) is 0 Å². The largest absolute Gasteiger partial charge is 0.314 e. The van der Waals surface area contributed by atoms with Crippen molar-refractivity contribution in [1.82, 2.24) is 10.2 Å². The van der Waals surface area contributed by atoms with Crippen LogP contribution < -0.4 is 5.32 Å². The molecule has 2 atom stereocenters. The second kappa shape index (κ2) is 8.10. The maximum atomic E-state index is 3.57. The molecule has 0 bridgehead atoms. The lowest BCUT2D eigenvalue weighted by molar-refractivity contribution is 0.292. The van der Waals surface area contributed by atoms with Gasteiger partial charge in [-0.3, -0.25) is 0 Å². The standard InChI is InChI=1S/C15H32N2/c1-5-9-16-14(4)7-6-10-17-11-8-15(12-17)13(2)3/h13-16H,5-12H2,1-4H3. The highest BCUT2D eigenvalue weighted by molar-refractivity contribution is 4.77. The SMILES string of the molecule is CCCNC(C)CCCN1CCC(C(C)C)C1. The van der Waals surface area contributed by atoms with Crippen molar-refractivity contribution in [3.8, 4) is 0 Å². The molecule has 1 heterocycles. The van der Waals surface area contributed by atoms with Crippen LogP contribution in [0, 0.1) is 11.8 Å². The maximum Gasteiger partial charge on any atom is 0.00391 e. The van der Waals surface area contributed by atoms with Gasteiger partial charge in [-0.05, 0) is 64.1 Å². The lowest BCUT2D eigenvalue weighted by Crippen LogP contribution is -2.29. The molecule has 1 aliphatic rings. The minimum absolute atomic E-state index is 0.693. The van der Waals surface area contributed by atoms with Crippen molar-refractivity contribution in [3.63, 3.8) is 0 Å². The van der Waals surface area contributed by atoms with E-state index >= 15 is 0 Å². The van der Waals surface area contributed by atoms with Gasteiger partial charge >= 0.3 is 0 Å². The number of likely N-dealkylation sites (tertiary alicyclic amines) is 1. The van der Waals surface area contributed by atoms with Crippen LogP contribution in [0.4, 0.5) is 0 Å². The summed E-state index contributed by atoms with van der Waals surface area (Å²) in [5.74, 6) is 1.82. The maximum absolute atomic E-state index is 3.57. The van der Waals surface area contributed by atoms with Gasteiger partial charge in [0.1, 0.15) is 0 Å². The fraction of sp³-hybridized carbons (Fsp3) is 1.00. The Morgan fingerprint density at radius 3 is 2.65 bits per heavy atom. The molecular weight excluding hydrogens is 208 g/mol. The molecule has 0 radical (unpaired) electrons. The Morgan fingerprint density at radius 1 is 1.29 bits per heavy atom. The molecule has 1 aliphatic heterocycles. The molecule has 0 aromatic carbocycles. The molecule has 2 nitrogen and oxygen atoms in total. The van der Waals surface area contributed by atoms with Crippen molar-refractivity contribution in [2.24, 2.45) is 11.8 Å². The third-order valence-electron chi connectivity index (χ3n) is 4.11. The van der Waals surface area contributed by atoms with Crippen molar-refractivity contribution in [3.05, 3.63) is 0 Å². The van der Waals surface area contributed by atoms with Gasteiger partial charge in [0.15, 0.2) is 0 Å². The third kappa shape index (κ3) is 5.87. The van der Waals surface area contributed by atoms with E-state index in [0.29, 0.717) is 6.04 Å². The molecule has 1 fully saturated rings. The molecule has 0 amide bonds. The zero-order valence-corrected chi connectivity index (χ0v) is 12.3. The lowest BCUT2D eigenvalue weighted by Gasteiger charge is -2.19. The summed E-state index contributed by atoms with van der Waals surface area (Å²) in [6, 6.07) is 0.693. The van der Waals surface area contributed by atoms with Gasteiger partial charge in [0.05, 0.1) is 0 Å². The molecule has 0 aliphatic carbocycles. The Balaban J connectivity index is 2.04. The van der Waals surface area contributed by atoms with Gasteiger partial charge in [-0.25, -0.2) is 0 Å². The summed E-state index contributed by atoms with van der Waals surface area (Å²) in [6.45, 7) is 14.4. The third-order valence-corrected chi connectivity index (χ3v) is 4.11. The highest BCUT2D eigenvalue weighted by Gasteiger charge is 2.24. The van der Waals surface area contributed by atoms with Gasteiger partial charge < -0.3 is 10.2 Å². The van der Waals surface area contributed by atoms with Crippen LogP contribution >= 0.6 is 0 Å². The van der Waals surface area contributed by atoms with Crippen molar-refractivity contribution in [2.45, 2.75) is 59.4 Å². The zero-order chi connectivity index (χ0) is 12.7. The van der Waals surface area contributed by atoms with Gasteiger partial charge in [-0.15, -0.1) is 0 Å². The van der Waals surface area contributed by atoms with E-state index in [4.69, 9.17) is 0 Å². The molecule has 0 saturated carbocycles. The Bertz CT molecular complexity index is 191. The van der Waals surface area contributed by atoms with E-state index in [-0.39, 0.29) is 0 Å². The Hall–Kier alpha value is -0.0800. The number of rotatable bonds is 8. The van der Waals surface area contributed by atoms with Crippen LogP contribution in [0.1, 0.15) is 53.4 Å². The average Bonchev–Trinajstić information content (AvgIpc) is 2.75. The highest BCUT2D eigenvalue weighted by atomic mass is 15.1. The first-order valence-corrected chi connectivity index (χ1v) is 7.59. The smallest absolute Gasteiger partial charge is 0.00391 e. The number of nitrogens with zero attached hydrogens (tertiary/aromatic N) is 1. The molecule has 102 valence electrons. The van der Waals surface area contributed by atoms with E-state index in [0.717, 1.165) is 11.8 Å². The minimum atomic E-state index is 0.693.